The van der Waals surface area contributed by atoms with Crippen molar-refractivity contribution in [1.29, 1.82) is 0 Å². The summed E-state index contributed by atoms with van der Waals surface area (Å²) in [6.45, 7) is 3.47. The summed E-state index contributed by atoms with van der Waals surface area (Å²) in [4.78, 5) is 16.3. The first-order valence-corrected chi connectivity index (χ1v) is 6.81. The van der Waals surface area contributed by atoms with Crippen molar-refractivity contribution in [3.05, 3.63) is 48.5 Å². The van der Waals surface area contributed by atoms with E-state index in [1.54, 1.807) is 20.0 Å². The fourth-order valence-corrected chi connectivity index (χ4v) is 2.50. The van der Waals surface area contributed by atoms with Gasteiger partial charge in [0.25, 0.3) is 5.56 Å². The Balaban J connectivity index is 2.92. The minimum atomic E-state index is -0.526. The SMILES string of the molecule is Cc1cnc(Br)c(Cl)c1-n1c(C)cc(O)c(Cl)c1=O. The van der Waals surface area contributed by atoms with Gasteiger partial charge >= 0.3 is 0 Å². The lowest BCUT2D eigenvalue weighted by Crippen LogP contribution is -2.22. The molecule has 0 spiro atoms. The van der Waals surface area contributed by atoms with Gasteiger partial charge in [-0.3, -0.25) is 9.36 Å². The van der Waals surface area contributed by atoms with Crippen molar-refractivity contribution in [3.8, 4) is 11.4 Å². The van der Waals surface area contributed by atoms with Gasteiger partial charge in [0.2, 0.25) is 0 Å². The van der Waals surface area contributed by atoms with E-state index in [4.69, 9.17) is 23.2 Å². The summed E-state index contributed by atoms with van der Waals surface area (Å²) in [6.07, 6.45) is 1.60. The lowest BCUT2D eigenvalue weighted by atomic mass is 10.2. The first kappa shape index (κ1) is 14.4. The Morgan fingerprint density at radius 2 is 1.95 bits per heavy atom. The summed E-state index contributed by atoms with van der Waals surface area (Å²) < 4.78 is 1.79. The van der Waals surface area contributed by atoms with Gasteiger partial charge in [0.15, 0.2) is 0 Å². The van der Waals surface area contributed by atoms with Gasteiger partial charge in [-0.1, -0.05) is 23.2 Å². The standard InChI is InChI=1S/C12H9BrCl2N2O2/c1-5-4-16-11(13)9(15)10(5)17-6(2)3-7(18)8(14)12(17)19/h3-4,18H,1-2H3. The third-order valence-electron chi connectivity index (χ3n) is 2.67. The zero-order valence-corrected chi connectivity index (χ0v) is 13.1. The number of halogens is 3. The van der Waals surface area contributed by atoms with E-state index in [2.05, 4.69) is 20.9 Å². The highest BCUT2D eigenvalue weighted by atomic mass is 79.9. The van der Waals surface area contributed by atoms with Gasteiger partial charge < -0.3 is 5.11 Å². The predicted molar refractivity (Wildman–Crippen MR) is 78.7 cm³/mol. The molecular weight excluding hydrogens is 355 g/mol. The smallest absolute Gasteiger partial charge is 0.277 e. The summed E-state index contributed by atoms with van der Waals surface area (Å²) >= 11 is 15.2. The molecule has 0 amide bonds. The van der Waals surface area contributed by atoms with Gasteiger partial charge in [-0.2, -0.15) is 0 Å². The maximum absolute atomic E-state index is 12.2. The molecule has 0 unspecified atom stereocenters. The van der Waals surface area contributed by atoms with Crippen molar-refractivity contribution >= 4 is 39.1 Å². The molecule has 2 rings (SSSR count). The van der Waals surface area contributed by atoms with Crippen LogP contribution in [0.4, 0.5) is 0 Å². The fourth-order valence-electron chi connectivity index (χ4n) is 1.79. The van der Waals surface area contributed by atoms with E-state index in [0.717, 1.165) is 5.56 Å². The van der Waals surface area contributed by atoms with Crippen LogP contribution in [0.15, 0.2) is 21.7 Å². The van der Waals surface area contributed by atoms with Crippen LogP contribution in [0.3, 0.4) is 0 Å². The number of aromatic hydroxyl groups is 1. The van der Waals surface area contributed by atoms with Crippen LogP contribution in [0.1, 0.15) is 11.3 Å². The van der Waals surface area contributed by atoms with Gasteiger partial charge in [0, 0.05) is 18.0 Å². The maximum Gasteiger partial charge on any atom is 0.277 e. The molecule has 0 aromatic carbocycles. The second kappa shape index (κ2) is 5.15. The molecule has 0 saturated carbocycles. The normalized spacial score (nSPS) is 10.8. The number of rotatable bonds is 1. The molecule has 0 aliphatic heterocycles. The Kier molecular flexibility index (Phi) is 3.90. The number of hydrogen-bond donors (Lipinski definition) is 1. The number of aromatic nitrogens is 2. The van der Waals surface area contributed by atoms with Crippen molar-refractivity contribution in [1.82, 2.24) is 9.55 Å². The van der Waals surface area contributed by atoms with Gasteiger partial charge in [-0.15, -0.1) is 0 Å². The molecule has 7 heteroatoms. The highest BCUT2D eigenvalue weighted by molar-refractivity contribution is 9.10. The molecule has 0 radical (unpaired) electrons. The van der Waals surface area contributed by atoms with E-state index >= 15 is 0 Å². The molecule has 2 aromatic rings. The predicted octanol–water partition coefficient (Wildman–Crippen LogP) is 3.62. The molecule has 2 aromatic heterocycles. The Morgan fingerprint density at radius 1 is 1.32 bits per heavy atom. The largest absolute Gasteiger partial charge is 0.506 e. The van der Waals surface area contributed by atoms with E-state index in [1.807, 2.05) is 0 Å². The molecule has 0 aliphatic rings. The topological polar surface area (TPSA) is 55.1 Å². The lowest BCUT2D eigenvalue weighted by molar-refractivity contribution is 0.472. The minimum Gasteiger partial charge on any atom is -0.506 e. The minimum absolute atomic E-state index is 0.242. The molecular formula is C12H9BrCl2N2O2. The van der Waals surface area contributed by atoms with Crippen molar-refractivity contribution in [2.45, 2.75) is 13.8 Å². The molecule has 0 aliphatic carbocycles. The maximum atomic E-state index is 12.2. The Morgan fingerprint density at radius 3 is 2.58 bits per heavy atom. The molecule has 0 saturated heterocycles. The average Bonchev–Trinajstić information content (AvgIpc) is 2.35. The zero-order chi connectivity index (χ0) is 14.3. The zero-order valence-electron chi connectivity index (χ0n) is 10.0. The first-order chi connectivity index (χ1) is 8.84. The number of pyridine rings is 2. The molecule has 1 N–H and O–H groups in total. The van der Waals surface area contributed by atoms with E-state index in [-0.39, 0.29) is 10.8 Å². The van der Waals surface area contributed by atoms with Crippen LogP contribution in [0, 0.1) is 13.8 Å². The van der Waals surface area contributed by atoms with E-state index in [9.17, 15) is 9.90 Å². The molecule has 2 heterocycles. The second-order valence-corrected chi connectivity index (χ2v) is 5.53. The summed E-state index contributed by atoms with van der Waals surface area (Å²) in [5.74, 6) is -0.248. The molecule has 100 valence electrons. The van der Waals surface area contributed by atoms with Crippen LogP contribution in [0.25, 0.3) is 5.69 Å². The van der Waals surface area contributed by atoms with Crippen molar-refractivity contribution in [2.75, 3.05) is 0 Å². The summed E-state index contributed by atoms with van der Waals surface area (Å²) in [5, 5.41) is 9.62. The highest BCUT2D eigenvalue weighted by Crippen LogP contribution is 2.31. The van der Waals surface area contributed by atoms with Crippen molar-refractivity contribution < 1.29 is 5.11 Å². The van der Waals surface area contributed by atoms with Crippen molar-refractivity contribution in [3.63, 3.8) is 0 Å². The van der Waals surface area contributed by atoms with E-state index in [0.29, 0.717) is 21.0 Å². The van der Waals surface area contributed by atoms with Gasteiger partial charge in [0.1, 0.15) is 15.4 Å². The fraction of sp³-hybridized carbons (Fsp3) is 0.167. The van der Waals surface area contributed by atoms with Gasteiger partial charge in [-0.05, 0) is 35.3 Å². The Bertz CT molecular complexity index is 729. The Hall–Kier alpha value is -1.04. The van der Waals surface area contributed by atoms with Gasteiger partial charge in [-0.25, -0.2) is 4.98 Å². The molecule has 0 atom stereocenters. The third kappa shape index (κ3) is 2.38. The lowest BCUT2D eigenvalue weighted by Gasteiger charge is -2.15. The third-order valence-corrected chi connectivity index (χ3v) is 4.21. The summed E-state index contributed by atoms with van der Waals surface area (Å²) in [7, 11) is 0. The van der Waals surface area contributed by atoms with E-state index in [1.165, 1.54) is 10.6 Å². The van der Waals surface area contributed by atoms with Crippen LogP contribution < -0.4 is 5.56 Å². The quantitative estimate of drug-likeness (QED) is 0.787. The Labute approximate surface area is 127 Å². The molecule has 19 heavy (non-hydrogen) atoms. The monoisotopic (exact) mass is 362 g/mol. The van der Waals surface area contributed by atoms with Crippen molar-refractivity contribution in [2.24, 2.45) is 0 Å². The molecule has 0 fully saturated rings. The van der Waals surface area contributed by atoms with Crippen LogP contribution in [0.5, 0.6) is 5.75 Å². The van der Waals surface area contributed by atoms with E-state index < -0.39 is 5.56 Å². The number of hydrogen-bond acceptors (Lipinski definition) is 3. The first-order valence-electron chi connectivity index (χ1n) is 5.26. The van der Waals surface area contributed by atoms with Crippen LogP contribution in [0.2, 0.25) is 10.0 Å². The molecule has 0 bridgehead atoms. The van der Waals surface area contributed by atoms with Crippen LogP contribution in [-0.2, 0) is 0 Å². The highest BCUT2D eigenvalue weighted by Gasteiger charge is 2.17. The summed E-state index contributed by atoms with van der Waals surface area (Å²) in [6, 6.07) is 1.41. The molecule has 4 nitrogen and oxygen atoms in total. The van der Waals surface area contributed by atoms with Gasteiger partial charge in [0.05, 0.1) is 10.7 Å². The van der Waals surface area contributed by atoms with Crippen LogP contribution in [-0.4, -0.2) is 14.7 Å². The summed E-state index contributed by atoms with van der Waals surface area (Å²) in [5.41, 5.74) is 1.21. The second-order valence-electron chi connectivity index (χ2n) is 4.02. The average molecular weight is 364 g/mol. The number of aryl methyl sites for hydroxylation is 2. The van der Waals surface area contributed by atoms with Crippen LogP contribution >= 0.6 is 39.1 Å². The number of nitrogens with zero attached hydrogens (tertiary/aromatic N) is 2.